The number of hydrogen-bond donors (Lipinski definition) is 2. The molecule has 0 fully saturated rings. The Morgan fingerprint density at radius 3 is 2.02 bits per heavy atom. The van der Waals surface area contributed by atoms with Crippen molar-refractivity contribution >= 4 is 44.8 Å². The lowest BCUT2D eigenvalue weighted by atomic mass is 9.78. The van der Waals surface area contributed by atoms with E-state index in [-0.39, 0.29) is 34.7 Å². The number of aromatic nitrogens is 1. The van der Waals surface area contributed by atoms with Crippen LogP contribution in [0.25, 0.3) is 21.7 Å². The summed E-state index contributed by atoms with van der Waals surface area (Å²) in [5.41, 5.74) is 5.55. The zero-order valence-electron chi connectivity index (χ0n) is 27.5. The van der Waals surface area contributed by atoms with Crippen molar-refractivity contribution in [1.29, 1.82) is 0 Å². The van der Waals surface area contributed by atoms with Crippen molar-refractivity contribution in [2.45, 2.75) is 78.1 Å². The van der Waals surface area contributed by atoms with E-state index in [4.69, 9.17) is 4.98 Å². The molecule has 0 saturated heterocycles. The summed E-state index contributed by atoms with van der Waals surface area (Å²) >= 11 is 0. The SMILES string of the molecule is Cc1ccc2cc3c(cc2c1)C(=O)C(c1ccc2cccc(NC(=O)CCc4cc(C(C)(C)C)c(O)c(C(C)(C)C)c4)c2n1)C3=O. The van der Waals surface area contributed by atoms with Gasteiger partial charge in [0.1, 0.15) is 11.7 Å². The van der Waals surface area contributed by atoms with Gasteiger partial charge in [0.25, 0.3) is 0 Å². The van der Waals surface area contributed by atoms with Crippen molar-refractivity contribution in [3.8, 4) is 5.75 Å². The number of aryl methyl sites for hydroxylation is 2. The van der Waals surface area contributed by atoms with Crippen molar-refractivity contribution in [2.75, 3.05) is 5.32 Å². The van der Waals surface area contributed by atoms with E-state index in [1.165, 1.54) is 0 Å². The molecule has 0 radical (unpaired) electrons. The van der Waals surface area contributed by atoms with Crippen LogP contribution >= 0.6 is 0 Å². The first-order valence-corrected chi connectivity index (χ1v) is 15.8. The number of Topliss-reactive ketones (excluding diaryl/α,β-unsaturated/α-hetero) is 2. The first kappa shape index (κ1) is 31.2. The molecule has 1 amide bonds. The second-order valence-corrected chi connectivity index (χ2v) is 14.6. The standard InChI is InChI=1S/C40H40N2O4/c1-22-11-13-25-20-27-28(21-26(25)17-22)37(45)34(36(27)44)31-15-14-24-9-8-10-32(35(24)42-31)41-33(43)16-12-23-18-29(39(2,3)4)38(46)30(19-23)40(5,6)7/h8-11,13-15,17-21,34,46H,12,16H2,1-7H3,(H,41,43). The number of nitrogens with zero attached hydrogens (tertiary/aromatic N) is 1. The molecule has 0 aliphatic heterocycles. The number of phenols is 1. The van der Waals surface area contributed by atoms with Gasteiger partial charge in [0.15, 0.2) is 11.6 Å². The minimum atomic E-state index is -1.02. The highest BCUT2D eigenvalue weighted by Gasteiger charge is 2.41. The second-order valence-electron chi connectivity index (χ2n) is 14.6. The van der Waals surface area contributed by atoms with E-state index >= 15 is 0 Å². The Morgan fingerprint density at radius 1 is 0.783 bits per heavy atom. The number of phenolic OH excluding ortho intramolecular Hbond substituents is 1. The van der Waals surface area contributed by atoms with Gasteiger partial charge in [0.2, 0.25) is 5.91 Å². The molecule has 1 aliphatic carbocycles. The number of rotatable bonds is 5. The molecule has 1 atom stereocenters. The molecular formula is C40H40N2O4. The second kappa shape index (κ2) is 11.2. The first-order chi connectivity index (χ1) is 21.6. The van der Waals surface area contributed by atoms with Gasteiger partial charge in [0.05, 0.1) is 16.9 Å². The number of carbonyl (C=O) groups is 3. The van der Waals surface area contributed by atoms with Gasteiger partial charge in [-0.2, -0.15) is 0 Å². The number of nitrogens with one attached hydrogen (secondary N) is 1. The first-order valence-electron chi connectivity index (χ1n) is 15.8. The Morgan fingerprint density at radius 2 is 1.39 bits per heavy atom. The number of fused-ring (bicyclic) bond motifs is 3. The number of aromatic hydroxyl groups is 1. The number of carbonyl (C=O) groups excluding carboxylic acids is 3. The van der Waals surface area contributed by atoms with Crippen LogP contribution < -0.4 is 5.32 Å². The molecule has 2 N–H and O–H groups in total. The third kappa shape index (κ3) is 5.68. The third-order valence-corrected chi connectivity index (χ3v) is 8.93. The van der Waals surface area contributed by atoms with Crippen LogP contribution in [0.15, 0.2) is 72.8 Å². The summed E-state index contributed by atoms with van der Waals surface area (Å²) in [5.74, 6) is -1.39. The molecule has 5 aromatic rings. The summed E-state index contributed by atoms with van der Waals surface area (Å²) in [4.78, 5) is 45.3. The fourth-order valence-electron chi connectivity index (χ4n) is 6.40. The van der Waals surface area contributed by atoms with Crippen molar-refractivity contribution in [2.24, 2.45) is 0 Å². The van der Waals surface area contributed by atoms with Crippen LogP contribution in [-0.4, -0.2) is 27.6 Å². The van der Waals surface area contributed by atoms with Crippen LogP contribution in [0.3, 0.4) is 0 Å². The van der Waals surface area contributed by atoms with Crippen molar-refractivity contribution < 1.29 is 19.5 Å². The van der Waals surface area contributed by atoms with E-state index in [1.807, 2.05) is 61.5 Å². The average molecular weight is 613 g/mol. The maximum absolute atomic E-state index is 13.6. The summed E-state index contributed by atoms with van der Waals surface area (Å²) in [6, 6.07) is 22.7. The molecule has 1 unspecified atom stereocenters. The van der Waals surface area contributed by atoms with Gasteiger partial charge in [-0.15, -0.1) is 0 Å². The number of para-hydroxylation sites is 1. The number of amides is 1. The third-order valence-electron chi connectivity index (χ3n) is 8.93. The van der Waals surface area contributed by atoms with E-state index in [9.17, 15) is 19.5 Å². The Labute approximate surface area is 269 Å². The van der Waals surface area contributed by atoms with Gasteiger partial charge in [-0.1, -0.05) is 95.6 Å². The Kier molecular flexibility index (Phi) is 7.58. The van der Waals surface area contributed by atoms with Gasteiger partial charge in [-0.25, -0.2) is 4.98 Å². The van der Waals surface area contributed by atoms with Crippen LogP contribution in [0.1, 0.15) is 103 Å². The average Bonchev–Trinajstić information content (AvgIpc) is 3.22. The van der Waals surface area contributed by atoms with E-state index in [1.54, 1.807) is 18.2 Å². The highest BCUT2D eigenvalue weighted by molar-refractivity contribution is 6.30. The Bertz CT molecular complexity index is 2040. The molecule has 46 heavy (non-hydrogen) atoms. The molecule has 6 heteroatoms. The number of benzene rings is 4. The van der Waals surface area contributed by atoms with Gasteiger partial charge in [-0.05, 0) is 75.9 Å². The molecule has 0 bridgehead atoms. The van der Waals surface area contributed by atoms with Crippen LogP contribution in [0.4, 0.5) is 5.69 Å². The largest absolute Gasteiger partial charge is 0.507 e. The maximum Gasteiger partial charge on any atom is 0.224 e. The number of pyridine rings is 1. The minimum Gasteiger partial charge on any atom is -0.507 e. The van der Waals surface area contributed by atoms with E-state index in [0.29, 0.717) is 40.2 Å². The lowest BCUT2D eigenvalue weighted by molar-refractivity contribution is -0.116. The predicted octanol–water partition coefficient (Wildman–Crippen LogP) is 8.73. The van der Waals surface area contributed by atoms with Gasteiger partial charge < -0.3 is 10.4 Å². The zero-order chi connectivity index (χ0) is 33.1. The highest BCUT2D eigenvalue weighted by atomic mass is 16.3. The molecule has 1 aliphatic rings. The summed E-state index contributed by atoms with van der Waals surface area (Å²) < 4.78 is 0. The fraction of sp³-hybridized carbons (Fsp3) is 0.300. The van der Waals surface area contributed by atoms with Gasteiger partial charge in [0, 0.05) is 22.9 Å². The van der Waals surface area contributed by atoms with Crippen LogP contribution in [0.5, 0.6) is 5.75 Å². The smallest absolute Gasteiger partial charge is 0.224 e. The molecule has 1 aromatic heterocycles. The molecule has 0 saturated carbocycles. The normalized spacial score (nSPS) is 15.1. The maximum atomic E-state index is 13.6. The minimum absolute atomic E-state index is 0.176. The van der Waals surface area contributed by atoms with Crippen molar-refractivity contribution in [3.63, 3.8) is 0 Å². The summed E-state index contributed by atoms with van der Waals surface area (Å²) in [5, 5.41) is 16.7. The topological polar surface area (TPSA) is 96.4 Å². The van der Waals surface area contributed by atoms with Crippen LogP contribution in [0.2, 0.25) is 0 Å². The molecule has 6 nitrogen and oxygen atoms in total. The van der Waals surface area contributed by atoms with Crippen LogP contribution in [-0.2, 0) is 22.0 Å². The highest BCUT2D eigenvalue weighted by Crippen LogP contribution is 2.40. The Balaban J connectivity index is 1.26. The van der Waals surface area contributed by atoms with E-state index in [2.05, 4.69) is 46.9 Å². The van der Waals surface area contributed by atoms with Crippen molar-refractivity contribution in [1.82, 2.24) is 4.98 Å². The van der Waals surface area contributed by atoms with Crippen LogP contribution in [0, 0.1) is 6.92 Å². The molecular weight excluding hydrogens is 572 g/mol. The fourth-order valence-corrected chi connectivity index (χ4v) is 6.40. The van der Waals surface area contributed by atoms with Gasteiger partial charge in [-0.3, -0.25) is 14.4 Å². The van der Waals surface area contributed by atoms with E-state index in [0.717, 1.165) is 38.4 Å². The summed E-state index contributed by atoms with van der Waals surface area (Å²) in [6.07, 6.45) is 0.731. The molecule has 234 valence electrons. The van der Waals surface area contributed by atoms with Crippen molar-refractivity contribution in [3.05, 3.63) is 112 Å². The van der Waals surface area contributed by atoms with Gasteiger partial charge >= 0.3 is 0 Å². The Hall–Kier alpha value is -4.84. The van der Waals surface area contributed by atoms with E-state index < -0.39 is 5.92 Å². The lowest BCUT2D eigenvalue weighted by Crippen LogP contribution is -2.18. The molecule has 6 rings (SSSR count). The molecule has 4 aromatic carbocycles. The monoisotopic (exact) mass is 612 g/mol. The lowest BCUT2D eigenvalue weighted by Gasteiger charge is -2.28. The summed E-state index contributed by atoms with van der Waals surface area (Å²) in [7, 11) is 0. The molecule has 1 heterocycles. The number of hydrogen-bond acceptors (Lipinski definition) is 5. The molecule has 0 spiro atoms. The number of anilines is 1. The number of ketones is 2. The zero-order valence-corrected chi connectivity index (χ0v) is 27.5. The predicted molar refractivity (Wildman–Crippen MR) is 184 cm³/mol. The quantitative estimate of drug-likeness (QED) is 0.194. The summed E-state index contributed by atoms with van der Waals surface area (Å²) in [6.45, 7) is 14.4.